The second kappa shape index (κ2) is 8.49. The number of aromatic carboxylic acids is 1. The molecule has 0 saturated carbocycles. The SMILES string of the molecule is COc1ccc(S(=O)(=O)NCCCCCC(=O)[O-])cc1C(=O)[O-]. The predicted octanol–water partition coefficient (Wildman–Crippen LogP) is -1.35. The molecule has 0 radical (unpaired) electrons. The molecule has 8 nitrogen and oxygen atoms in total. The van der Waals surface area contributed by atoms with Gasteiger partial charge >= 0.3 is 0 Å². The van der Waals surface area contributed by atoms with Crippen molar-refractivity contribution < 1.29 is 33.0 Å². The van der Waals surface area contributed by atoms with Crippen molar-refractivity contribution >= 4 is 22.0 Å². The van der Waals surface area contributed by atoms with Crippen LogP contribution < -0.4 is 19.7 Å². The summed E-state index contributed by atoms with van der Waals surface area (Å²) in [4.78, 5) is 21.0. The maximum absolute atomic E-state index is 12.1. The molecule has 0 spiro atoms. The molecule has 23 heavy (non-hydrogen) atoms. The Kier molecular flexibility index (Phi) is 6.98. The lowest BCUT2D eigenvalue weighted by molar-refractivity contribution is -0.305. The van der Waals surface area contributed by atoms with Crippen molar-refractivity contribution in [2.24, 2.45) is 0 Å². The summed E-state index contributed by atoms with van der Waals surface area (Å²) >= 11 is 0. The fraction of sp³-hybridized carbons (Fsp3) is 0.429. The van der Waals surface area contributed by atoms with Gasteiger partial charge in [0.2, 0.25) is 10.0 Å². The number of benzene rings is 1. The number of hydrogen-bond donors (Lipinski definition) is 1. The van der Waals surface area contributed by atoms with Crippen molar-refractivity contribution in [3.63, 3.8) is 0 Å². The standard InChI is InChI=1S/C14H19NO7S/c1-22-12-7-6-10(9-11(12)14(18)19)23(20,21)15-8-4-2-3-5-13(16)17/h6-7,9,15H,2-5,8H2,1H3,(H,16,17)(H,18,19)/p-2. The molecule has 0 atom stereocenters. The van der Waals surface area contributed by atoms with Crippen LogP contribution >= 0.6 is 0 Å². The number of hydrogen-bond acceptors (Lipinski definition) is 7. The zero-order valence-corrected chi connectivity index (χ0v) is 13.4. The van der Waals surface area contributed by atoms with Gasteiger partial charge in [-0.1, -0.05) is 6.42 Å². The van der Waals surface area contributed by atoms with Crippen LogP contribution in [-0.4, -0.2) is 34.0 Å². The number of aliphatic carboxylic acids is 1. The topological polar surface area (TPSA) is 136 Å². The lowest BCUT2D eigenvalue weighted by Crippen LogP contribution is -2.27. The van der Waals surface area contributed by atoms with E-state index in [0.717, 1.165) is 6.07 Å². The molecule has 0 fully saturated rings. The molecule has 0 aliphatic carbocycles. The van der Waals surface area contributed by atoms with E-state index in [1.165, 1.54) is 19.2 Å². The lowest BCUT2D eigenvalue weighted by atomic mass is 10.2. The molecule has 0 aliphatic rings. The zero-order valence-electron chi connectivity index (χ0n) is 12.5. The van der Waals surface area contributed by atoms with E-state index in [4.69, 9.17) is 4.74 Å². The predicted molar refractivity (Wildman–Crippen MR) is 76.0 cm³/mol. The molecule has 0 heterocycles. The highest BCUT2D eigenvalue weighted by Gasteiger charge is 2.16. The molecule has 1 rings (SSSR count). The number of sulfonamides is 1. The smallest absolute Gasteiger partial charge is 0.240 e. The summed E-state index contributed by atoms with van der Waals surface area (Å²) in [7, 11) is -2.61. The van der Waals surface area contributed by atoms with E-state index in [0.29, 0.717) is 19.3 Å². The first kappa shape index (κ1) is 18.9. The van der Waals surface area contributed by atoms with Crippen LogP contribution in [0.4, 0.5) is 0 Å². The van der Waals surface area contributed by atoms with Gasteiger partial charge in [0.1, 0.15) is 5.75 Å². The van der Waals surface area contributed by atoms with Gasteiger partial charge in [-0.05, 0) is 37.5 Å². The van der Waals surface area contributed by atoms with Gasteiger partial charge in [-0.25, -0.2) is 13.1 Å². The third kappa shape index (κ3) is 5.87. The third-order valence-electron chi connectivity index (χ3n) is 3.05. The summed E-state index contributed by atoms with van der Waals surface area (Å²) in [5, 5.41) is 21.2. The van der Waals surface area contributed by atoms with E-state index in [1.54, 1.807) is 0 Å². The molecule has 0 aliphatic heterocycles. The van der Waals surface area contributed by atoms with Gasteiger partial charge < -0.3 is 24.5 Å². The number of ether oxygens (including phenoxy) is 1. The van der Waals surface area contributed by atoms with Crippen molar-refractivity contribution in [1.29, 1.82) is 0 Å². The fourth-order valence-electron chi connectivity index (χ4n) is 1.87. The van der Waals surface area contributed by atoms with Crippen LogP contribution in [0.15, 0.2) is 23.1 Å². The van der Waals surface area contributed by atoms with Crippen LogP contribution in [-0.2, 0) is 14.8 Å². The first-order valence-electron chi connectivity index (χ1n) is 6.87. The van der Waals surface area contributed by atoms with Gasteiger partial charge in [0, 0.05) is 18.1 Å². The molecule has 128 valence electrons. The number of unbranched alkanes of at least 4 members (excludes halogenated alkanes) is 2. The summed E-state index contributed by atoms with van der Waals surface area (Å²) in [6, 6.07) is 3.43. The van der Waals surface area contributed by atoms with Crippen LogP contribution in [0.5, 0.6) is 5.75 Å². The Hall–Kier alpha value is -2.13. The van der Waals surface area contributed by atoms with Crippen molar-refractivity contribution in [3.8, 4) is 5.75 Å². The van der Waals surface area contributed by atoms with E-state index in [9.17, 15) is 28.2 Å². The number of carbonyl (C=O) groups excluding carboxylic acids is 2. The number of rotatable bonds is 10. The van der Waals surface area contributed by atoms with Crippen LogP contribution in [0.3, 0.4) is 0 Å². The molecular formula is C14H17NO7S-2. The number of carboxylic acids is 2. The number of nitrogens with one attached hydrogen (secondary N) is 1. The van der Waals surface area contributed by atoms with Crippen molar-refractivity contribution in [2.45, 2.75) is 30.6 Å². The van der Waals surface area contributed by atoms with Crippen LogP contribution in [0, 0.1) is 0 Å². The highest BCUT2D eigenvalue weighted by atomic mass is 32.2. The quantitative estimate of drug-likeness (QED) is 0.519. The molecule has 1 N–H and O–H groups in total. The van der Waals surface area contributed by atoms with Crippen molar-refractivity contribution in [1.82, 2.24) is 4.72 Å². The van der Waals surface area contributed by atoms with Crippen LogP contribution in [0.1, 0.15) is 36.0 Å². The minimum Gasteiger partial charge on any atom is -0.550 e. The Morgan fingerprint density at radius 3 is 2.43 bits per heavy atom. The lowest BCUT2D eigenvalue weighted by Gasteiger charge is -2.12. The summed E-state index contributed by atoms with van der Waals surface area (Å²) < 4.78 is 31.3. The van der Waals surface area contributed by atoms with Gasteiger partial charge in [0.05, 0.1) is 18.0 Å². The summed E-state index contributed by atoms with van der Waals surface area (Å²) in [5.74, 6) is -2.67. The zero-order chi connectivity index (χ0) is 17.5. The summed E-state index contributed by atoms with van der Waals surface area (Å²) in [6.45, 7) is 0.113. The van der Waals surface area contributed by atoms with Gasteiger partial charge in [-0.15, -0.1) is 0 Å². The normalized spacial score (nSPS) is 11.2. The molecule has 0 saturated heterocycles. The van der Waals surface area contributed by atoms with Crippen molar-refractivity contribution in [2.75, 3.05) is 13.7 Å². The summed E-state index contributed by atoms with van der Waals surface area (Å²) in [6.07, 6.45) is 1.32. The Bertz CT molecular complexity index is 670. The van der Waals surface area contributed by atoms with Crippen molar-refractivity contribution in [3.05, 3.63) is 23.8 Å². The Morgan fingerprint density at radius 2 is 1.87 bits per heavy atom. The van der Waals surface area contributed by atoms with E-state index < -0.39 is 22.0 Å². The molecule has 1 aromatic rings. The fourth-order valence-corrected chi connectivity index (χ4v) is 2.97. The third-order valence-corrected chi connectivity index (χ3v) is 4.51. The second-order valence-corrected chi connectivity index (χ2v) is 6.50. The largest absolute Gasteiger partial charge is 0.550 e. The van der Waals surface area contributed by atoms with Gasteiger partial charge in [0.15, 0.2) is 0 Å². The minimum absolute atomic E-state index is 0.00577. The molecular weight excluding hydrogens is 326 g/mol. The highest BCUT2D eigenvalue weighted by Crippen LogP contribution is 2.21. The molecule has 0 amide bonds. The monoisotopic (exact) mass is 343 g/mol. The van der Waals surface area contributed by atoms with E-state index in [1.807, 2.05) is 0 Å². The van der Waals surface area contributed by atoms with E-state index >= 15 is 0 Å². The molecule has 9 heteroatoms. The Labute approximate surface area is 134 Å². The number of methoxy groups -OCH3 is 1. The first-order chi connectivity index (χ1) is 10.8. The van der Waals surface area contributed by atoms with E-state index in [2.05, 4.69) is 4.72 Å². The summed E-state index contributed by atoms with van der Waals surface area (Å²) in [5.41, 5.74) is -0.357. The van der Waals surface area contributed by atoms with Gasteiger partial charge in [-0.2, -0.15) is 0 Å². The van der Waals surface area contributed by atoms with Gasteiger partial charge in [-0.3, -0.25) is 0 Å². The molecule has 0 aromatic heterocycles. The number of carboxylic acid groups (broad SMARTS) is 2. The Balaban J connectivity index is 2.68. The van der Waals surface area contributed by atoms with Gasteiger partial charge in [0.25, 0.3) is 0 Å². The minimum atomic E-state index is -3.87. The van der Waals surface area contributed by atoms with Crippen LogP contribution in [0.25, 0.3) is 0 Å². The highest BCUT2D eigenvalue weighted by molar-refractivity contribution is 7.89. The molecule has 0 unspecified atom stereocenters. The Morgan fingerprint density at radius 1 is 1.17 bits per heavy atom. The van der Waals surface area contributed by atoms with Crippen LogP contribution in [0.2, 0.25) is 0 Å². The maximum Gasteiger partial charge on any atom is 0.240 e. The average molecular weight is 343 g/mol. The molecule has 0 bridgehead atoms. The van der Waals surface area contributed by atoms with E-state index in [-0.39, 0.29) is 29.2 Å². The maximum atomic E-state index is 12.1. The molecule has 1 aromatic carbocycles. The second-order valence-electron chi connectivity index (χ2n) is 4.73. The average Bonchev–Trinajstić information content (AvgIpc) is 2.49. The first-order valence-corrected chi connectivity index (χ1v) is 8.35. The number of carbonyl (C=O) groups is 2.